The first-order valence-electron chi connectivity index (χ1n) is 8.05. The number of likely N-dealkylation sites (N-methyl/N-ethyl adjacent to an activating group) is 1. The summed E-state index contributed by atoms with van der Waals surface area (Å²) < 4.78 is 6.96. The lowest BCUT2D eigenvalue weighted by molar-refractivity contribution is -0.124. The van der Waals surface area contributed by atoms with Gasteiger partial charge < -0.3 is 25.6 Å². The predicted octanol–water partition coefficient (Wildman–Crippen LogP) is -1.12. The first kappa shape index (κ1) is 18.4. The quantitative estimate of drug-likeness (QED) is 0.582. The second kappa shape index (κ2) is 8.76. The lowest BCUT2D eigenvalue weighted by Gasteiger charge is -2.29. The molecule has 1 aromatic heterocycles. The lowest BCUT2D eigenvalue weighted by Crippen LogP contribution is -2.53. The summed E-state index contributed by atoms with van der Waals surface area (Å²) in [7, 11) is 3.89. The molecule has 24 heavy (non-hydrogen) atoms. The van der Waals surface area contributed by atoms with E-state index < -0.39 is 6.04 Å². The molecular weight excluding hydrogens is 312 g/mol. The Morgan fingerprint density at radius 3 is 3.00 bits per heavy atom. The number of aromatic nitrogens is 2. The third-order valence-corrected chi connectivity index (χ3v) is 3.69. The smallest absolute Gasteiger partial charge is 0.244 e. The van der Waals surface area contributed by atoms with E-state index in [-0.39, 0.29) is 24.5 Å². The fourth-order valence-corrected chi connectivity index (χ4v) is 2.38. The summed E-state index contributed by atoms with van der Waals surface area (Å²) in [5, 5.41) is 12.8. The second-order valence-electron chi connectivity index (χ2n) is 6.08. The predicted molar refractivity (Wildman–Crippen MR) is 89.6 cm³/mol. The highest BCUT2D eigenvalue weighted by molar-refractivity contribution is 5.95. The third-order valence-electron chi connectivity index (χ3n) is 3.69. The van der Waals surface area contributed by atoms with E-state index in [4.69, 9.17) is 4.74 Å². The van der Waals surface area contributed by atoms with Crippen molar-refractivity contribution in [3.63, 3.8) is 0 Å². The van der Waals surface area contributed by atoms with Crippen molar-refractivity contribution in [2.24, 2.45) is 0 Å². The number of hydrogen-bond donors (Lipinski definition) is 3. The summed E-state index contributed by atoms with van der Waals surface area (Å²) in [6.07, 6.45) is 2.98. The Morgan fingerprint density at radius 2 is 2.29 bits per heavy atom. The molecule has 0 aromatic carbocycles. The van der Waals surface area contributed by atoms with Crippen molar-refractivity contribution in [1.29, 1.82) is 0 Å². The zero-order valence-electron chi connectivity index (χ0n) is 14.4. The van der Waals surface area contributed by atoms with E-state index in [1.54, 1.807) is 6.20 Å². The van der Waals surface area contributed by atoms with E-state index in [1.165, 1.54) is 10.9 Å². The molecule has 134 valence electrons. The van der Waals surface area contributed by atoms with Gasteiger partial charge in [0, 0.05) is 25.8 Å². The Hall–Kier alpha value is -1.97. The van der Waals surface area contributed by atoms with E-state index in [2.05, 4.69) is 21.0 Å². The normalized spacial score (nSPS) is 20.8. The van der Waals surface area contributed by atoms with Crippen LogP contribution in [0.25, 0.3) is 0 Å². The maximum atomic E-state index is 12.2. The van der Waals surface area contributed by atoms with Crippen LogP contribution in [0.4, 0.5) is 5.69 Å². The van der Waals surface area contributed by atoms with Crippen LogP contribution in [0, 0.1) is 0 Å². The average molecular weight is 338 g/mol. The van der Waals surface area contributed by atoms with Gasteiger partial charge in [-0.1, -0.05) is 0 Å². The number of anilines is 1. The Kier molecular flexibility index (Phi) is 6.71. The van der Waals surface area contributed by atoms with Crippen molar-refractivity contribution in [1.82, 2.24) is 25.3 Å². The Morgan fingerprint density at radius 1 is 1.50 bits per heavy atom. The molecule has 1 saturated heterocycles. The van der Waals surface area contributed by atoms with E-state index in [1.807, 2.05) is 25.9 Å². The second-order valence-corrected chi connectivity index (χ2v) is 6.08. The zero-order chi connectivity index (χ0) is 17.5. The van der Waals surface area contributed by atoms with E-state index in [0.717, 1.165) is 6.54 Å². The molecule has 0 saturated carbocycles. The molecule has 9 nitrogen and oxygen atoms in total. The molecule has 3 N–H and O–H groups in total. The molecule has 0 spiro atoms. The van der Waals surface area contributed by atoms with Gasteiger partial charge in [0.15, 0.2) is 0 Å². The van der Waals surface area contributed by atoms with Gasteiger partial charge in [-0.25, -0.2) is 0 Å². The molecule has 2 heterocycles. The van der Waals surface area contributed by atoms with Gasteiger partial charge in [0.2, 0.25) is 11.8 Å². The van der Waals surface area contributed by atoms with Crippen molar-refractivity contribution in [3.8, 4) is 0 Å². The van der Waals surface area contributed by atoms with Crippen molar-refractivity contribution in [2.75, 3.05) is 45.7 Å². The summed E-state index contributed by atoms with van der Waals surface area (Å²) in [5.74, 6) is -0.286. The summed E-state index contributed by atoms with van der Waals surface area (Å²) in [4.78, 5) is 26.0. The van der Waals surface area contributed by atoms with Crippen LogP contribution in [0.3, 0.4) is 0 Å². The lowest BCUT2D eigenvalue weighted by atomic mass is 10.1. The Labute approximate surface area is 141 Å². The van der Waals surface area contributed by atoms with E-state index in [9.17, 15) is 9.59 Å². The van der Waals surface area contributed by atoms with Gasteiger partial charge in [-0.15, -0.1) is 0 Å². The van der Waals surface area contributed by atoms with Crippen LogP contribution in [0.1, 0.15) is 6.92 Å². The van der Waals surface area contributed by atoms with Crippen LogP contribution in [-0.2, 0) is 20.9 Å². The molecule has 2 amide bonds. The first-order chi connectivity index (χ1) is 11.5. The number of rotatable bonds is 7. The maximum absolute atomic E-state index is 12.2. The van der Waals surface area contributed by atoms with Crippen LogP contribution in [0.2, 0.25) is 0 Å². The van der Waals surface area contributed by atoms with Crippen molar-refractivity contribution in [2.45, 2.75) is 25.6 Å². The van der Waals surface area contributed by atoms with Gasteiger partial charge in [-0.05, 0) is 21.0 Å². The Bertz CT molecular complexity index is 559. The molecule has 0 unspecified atom stereocenters. The minimum Gasteiger partial charge on any atom is -0.375 e. The van der Waals surface area contributed by atoms with Gasteiger partial charge >= 0.3 is 0 Å². The number of carbonyl (C=O) groups excluding carboxylic acids is 2. The van der Waals surface area contributed by atoms with Gasteiger partial charge in [0.25, 0.3) is 0 Å². The third kappa shape index (κ3) is 5.59. The van der Waals surface area contributed by atoms with Crippen LogP contribution in [0.15, 0.2) is 12.4 Å². The molecule has 2 rings (SSSR count). The first-order valence-corrected chi connectivity index (χ1v) is 8.05. The van der Waals surface area contributed by atoms with Crippen molar-refractivity contribution < 1.29 is 14.3 Å². The summed E-state index contributed by atoms with van der Waals surface area (Å²) in [5.41, 5.74) is 0.556. The summed E-state index contributed by atoms with van der Waals surface area (Å²) in [6, 6.07) is -0.392. The SMILES string of the molecule is C[C@H]1OCCN[C@@H]1C(=O)Nc1cnn(CC(=O)NCCN(C)C)c1. The minimum atomic E-state index is -0.392. The van der Waals surface area contributed by atoms with Crippen LogP contribution < -0.4 is 16.0 Å². The largest absolute Gasteiger partial charge is 0.375 e. The van der Waals surface area contributed by atoms with Crippen LogP contribution >= 0.6 is 0 Å². The van der Waals surface area contributed by atoms with Gasteiger partial charge in [0.1, 0.15) is 12.6 Å². The van der Waals surface area contributed by atoms with E-state index >= 15 is 0 Å². The Balaban J connectivity index is 1.80. The molecule has 0 bridgehead atoms. The van der Waals surface area contributed by atoms with Crippen LogP contribution in [0.5, 0.6) is 0 Å². The minimum absolute atomic E-state index is 0.116. The fourth-order valence-electron chi connectivity index (χ4n) is 2.38. The zero-order valence-corrected chi connectivity index (χ0v) is 14.4. The molecule has 0 aliphatic carbocycles. The molecule has 9 heteroatoms. The van der Waals surface area contributed by atoms with Crippen molar-refractivity contribution >= 4 is 17.5 Å². The summed E-state index contributed by atoms with van der Waals surface area (Å²) in [6.45, 7) is 4.59. The summed E-state index contributed by atoms with van der Waals surface area (Å²) >= 11 is 0. The number of morpholine rings is 1. The number of nitrogens with one attached hydrogen (secondary N) is 3. The molecule has 1 aliphatic heterocycles. The highest BCUT2D eigenvalue weighted by Gasteiger charge is 2.28. The molecule has 2 atom stereocenters. The van der Waals surface area contributed by atoms with E-state index in [0.29, 0.717) is 25.4 Å². The number of amides is 2. The number of carbonyl (C=O) groups is 2. The molecule has 1 aromatic rings. The molecule has 1 aliphatic rings. The maximum Gasteiger partial charge on any atom is 0.244 e. The van der Waals surface area contributed by atoms with Gasteiger partial charge in [-0.2, -0.15) is 5.10 Å². The fraction of sp³-hybridized carbons (Fsp3) is 0.667. The van der Waals surface area contributed by atoms with Gasteiger partial charge in [-0.3, -0.25) is 14.3 Å². The van der Waals surface area contributed by atoms with Crippen molar-refractivity contribution in [3.05, 3.63) is 12.4 Å². The molecule has 0 radical (unpaired) electrons. The number of hydrogen-bond acceptors (Lipinski definition) is 6. The topological polar surface area (TPSA) is 101 Å². The van der Waals surface area contributed by atoms with Crippen LogP contribution in [-0.4, -0.2) is 79.0 Å². The highest BCUT2D eigenvalue weighted by Crippen LogP contribution is 2.09. The average Bonchev–Trinajstić information content (AvgIpc) is 2.94. The molecule has 1 fully saturated rings. The van der Waals surface area contributed by atoms with Gasteiger partial charge in [0.05, 0.1) is 24.6 Å². The molecular formula is C15H26N6O3. The number of nitrogens with zero attached hydrogens (tertiary/aromatic N) is 3. The monoisotopic (exact) mass is 338 g/mol. The highest BCUT2D eigenvalue weighted by atomic mass is 16.5. The number of ether oxygens (including phenoxy) is 1. The standard InChI is InChI=1S/C15H26N6O3/c1-11-14(17-5-7-24-11)15(23)19-12-8-18-21(9-12)10-13(22)16-4-6-20(2)3/h8-9,11,14,17H,4-7,10H2,1-3H3,(H,16,22)(H,19,23)/t11-,14+/m1/s1.